The number of fused-ring (bicyclic) bond motifs is 1. The van der Waals surface area contributed by atoms with Crippen LogP contribution >= 0.6 is 0 Å². The summed E-state index contributed by atoms with van der Waals surface area (Å²) in [7, 11) is 0. The number of ether oxygens (including phenoxy) is 2. The summed E-state index contributed by atoms with van der Waals surface area (Å²) in [5.41, 5.74) is -0.552. The zero-order valence-corrected chi connectivity index (χ0v) is 19.4. The topological polar surface area (TPSA) is 134 Å². The van der Waals surface area contributed by atoms with Crippen LogP contribution in [0.2, 0.25) is 0 Å². The minimum atomic E-state index is -4.61. The van der Waals surface area contributed by atoms with Crippen LogP contribution in [0.3, 0.4) is 0 Å². The number of carbonyl (C=O) groups is 2. The van der Waals surface area contributed by atoms with Gasteiger partial charge in [-0.15, -0.1) is 5.10 Å². The molecule has 4 heterocycles. The van der Waals surface area contributed by atoms with Crippen molar-refractivity contribution >= 4 is 28.7 Å². The molecule has 0 bridgehead atoms. The normalized spacial score (nSPS) is 20.6. The van der Waals surface area contributed by atoms with Crippen molar-refractivity contribution in [3.63, 3.8) is 0 Å². The van der Waals surface area contributed by atoms with Crippen molar-refractivity contribution in [2.75, 3.05) is 24.7 Å². The first-order chi connectivity index (χ1) is 17.7. The van der Waals surface area contributed by atoms with E-state index in [2.05, 4.69) is 20.2 Å². The molecule has 2 aliphatic rings. The monoisotopic (exact) mass is 520 g/mol. The fourth-order valence-electron chi connectivity index (χ4n) is 4.60. The van der Waals surface area contributed by atoms with E-state index in [1.807, 2.05) is 0 Å². The predicted molar refractivity (Wildman–Crippen MR) is 122 cm³/mol. The predicted octanol–water partition coefficient (Wildman–Crippen LogP) is 2.90. The maximum atomic E-state index is 13.1. The summed E-state index contributed by atoms with van der Waals surface area (Å²) in [6.07, 6.45) is 0.672. The molecule has 1 saturated carbocycles. The number of anilines is 1. The van der Waals surface area contributed by atoms with Crippen LogP contribution in [-0.2, 0) is 11.0 Å². The first-order valence-electron chi connectivity index (χ1n) is 11.6. The molecule has 14 heteroatoms. The van der Waals surface area contributed by atoms with Crippen molar-refractivity contribution in [1.29, 1.82) is 0 Å². The van der Waals surface area contributed by atoms with Gasteiger partial charge in [0, 0.05) is 12.2 Å². The van der Waals surface area contributed by atoms with Crippen molar-refractivity contribution in [1.82, 2.24) is 25.1 Å². The second-order valence-electron chi connectivity index (χ2n) is 8.78. The molecule has 2 N–H and O–H groups in total. The zero-order valence-electron chi connectivity index (χ0n) is 19.4. The molecule has 1 aliphatic carbocycles. The number of hydrogen-bond acceptors (Lipinski definition) is 8. The maximum absolute atomic E-state index is 13.1. The highest BCUT2D eigenvalue weighted by Gasteiger charge is 2.43. The van der Waals surface area contributed by atoms with Gasteiger partial charge in [0.25, 0.3) is 5.91 Å². The molecule has 3 amide bonds. The van der Waals surface area contributed by atoms with Gasteiger partial charge in [0.1, 0.15) is 18.9 Å². The number of imide groups is 1. The number of amides is 3. The number of alkyl halides is 3. The van der Waals surface area contributed by atoms with Crippen molar-refractivity contribution in [2.45, 2.75) is 44.0 Å². The highest BCUT2D eigenvalue weighted by atomic mass is 19.4. The summed E-state index contributed by atoms with van der Waals surface area (Å²) in [6.45, 7) is -0.405. The number of pyridine rings is 2. The second-order valence-corrected chi connectivity index (χ2v) is 8.78. The number of aliphatic hydroxyl groups is 1. The summed E-state index contributed by atoms with van der Waals surface area (Å²) in [5.74, 6) is 0.344. The molecule has 0 radical (unpaired) electrons. The van der Waals surface area contributed by atoms with E-state index in [1.165, 1.54) is 0 Å². The van der Waals surface area contributed by atoms with E-state index in [0.717, 1.165) is 22.1 Å². The number of nitrogens with zero attached hydrogens (tertiary/aromatic N) is 5. The summed E-state index contributed by atoms with van der Waals surface area (Å²) in [5, 5.41) is 16.3. The van der Waals surface area contributed by atoms with Crippen LogP contribution in [0.5, 0.6) is 11.6 Å². The van der Waals surface area contributed by atoms with Crippen molar-refractivity contribution in [3.8, 4) is 11.6 Å². The van der Waals surface area contributed by atoms with Gasteiger partial charge in [-0.05, 0) is 37.8 Å². The number of urea groups is 1. The van der Waals surface area contributed by atoms with E-state index in [0.29, 0.717) is 54.5 Å². The molecule has 0 unspecified atom stereocenters. The number of rotatable bonds is 7. The highest BCUT2D eigenvalue weighted by Crippen LogP contribution is 2.34. The lowest BCUT2D eigenvalue weighted by Gasteiger charge is -2.33. The van der Waals surface area contributed by atoms with E-state index in [1.54, 1.807) is 12.3 Å². The van der Waals surface area contributed by atoms with Gasteiger partial charge in [0.05, 0.1) is 41.7 Å². The Morgan fingerprint density at radius 1 is 1.11 bits per heavy atom. The van der Waals surface area contributed by atoms with Gasteiger partial charge in [-0.3, -0.25) is 24.7 Å². The molecule has 3 aromatic heterocycles. The van der Waals surface area contributed by atoms with Gasteiger partial charge in [0.2, 0.25) is 5.88 Å². The molecule has 5 rings (SSSR count). The first-order valence-corrected chi connectivity index (χ1v) is 11.6. The molecule has 37 heavy (non-hydrogen) atoms. The fourth-order valence-corrected chi connectivity index (χ4v) is 4.60. The van der Waals surface area contributed by atoms with Crippen LogP contribution in [0.15, 0.2) is 30.7 Å². The van der Waals surface area contributed by atoms with E-state index < -0.39 is 23.7 Å². The van der Waals surface area contributed by atoms with Crippen LogP contribution in [0, 0.1) is 0 Å². The Kier molecular flexibility index (Phi) is 6.58. The Bertz CT molecular complexity index is 1310. The summed E-state index contributed by atoms with van der Waals surface area (Å²) in [4.78, 5) is 35.7. The van der Waals surface area contributed by atoms with Gasteiger partial charge in [0.15, 0.2) is 5.65 Å². The van der Waals surface area contributed by atoms with Crippen molar-refractivity contribution in [3.05, 3.63) is 36.3 Å². The van der Waals surface area contributed by atoms with Crippen molar-refractivity contribution in [2.24, 2.45) is 0 Å². The molecule has 1 saturated heterocycles. The molecule has 196 valence electrons. The third kappa shape index (κ3) is 5.01. The van der Waals surface area contributed by atoms with Crippen LogP contribution in [-0.4, -0.2) is 74.0 Å². The summed E-state index contributed by atoms with van der Waals surface area (Å²) >= 11 is 0. The Labute approximate surface area is 208 Å². The fraction of sp³-hybridized carbons (Fsp3) is 0.435. The number of H-pyrrole nitrogens is 1. The van der Waals surface area contributed by atoms with Crippen LogP contribution in [0.1, 0.15) is 31.2 Å². The third-order valence-electron chi connectivity index (χ3n) is 6.36. The molecule has 0 spiro atoms. The number of aromatic amines is 1. The van der Waals surface area contributed by atoms with Gasteiger partial charge in [-0.1, -0.05) is 0 Å². The number of carbonyl (C=O) groups excluding carboxylic acids is 2. The number of nitrogens with one attached hydrogen (secondary N) is 1. The van der Waals surface area contributed by atoms with E-state index >= 15 is 0 Å². The number of aromatic nitrogens is 4. The molecular weight excluding hydrogens is 497 g/mol. The van der Waals surface area contributed by atoms with Gasteiger partial charge in [-0.25, -0.2) is 9.78 Å². The number of halogens is 3. The quantitative estimate of drug-likeness (QED) is 0.455. The third-order valence-corrected chi connectivity index (χ3v) is 6.36. The average molecular weight is 520 g/mol. The molecule has 2 fully saturated rings. The smallest absolute Gasteiger partial charge is 0.417 e. The Morgan fingerprint density at radius 3 is 2.62 bits per heavy atom. The largest absolute Gasteiger partial charge is 0.489 e. The average Bonchev–Trinajstić information content (AvgIpc) is 3.42. The second kappa shape index (κ2) is 9.84. The number of hydrogen-bond donors (Lipinski definition) is 2. The Balaban J connectivity index is 1.22. The van der Waals surface area contributed by atoms with E-state index in [-0.39, 0.29) is 37.6 Å². The molecule has 1 aliphatic heterocycles. The number of aliphatic hydroxyl groups excluding tert-OH is 1. The Hall–Kier alpha value is -3.94. The van der Waals surface area contributed by atoms with Gasteiger partial charge >= 0.3 is 12.2 Å². The standard InChI is InChI=1S/C23H23F3N6O5/c24-23(25,26)13-7-15(10-27-9-13)31-12-19(34)32(22(31)35)14-1-3-16(4-2-14)37-17-8-18-20(28-11-17)29-30-21(18)36-6-5-33/h7-11,14,16,33H,1-6,12H2,(H,28,29,30)/t14-,16-. The minimum Gasteiger partial charge on any atom is -0.489 e. The van der Waals surface area contributed by atoms with Crippen LogP contribution < -0.4 is 14.4 Å². The summed E-state index contributed by atoms with van der Waals surface area (Å²) < 4.78 is 50.6. The highest BCUT2D eigenvalue weighted by molar-refractivity contribution is 6.12. The maximum Gasteiger partial charge on any atom is 0.417 e. The zero-order chi connectivity index (χ0) is 26.2. The molecule has 0 atom stereocenters. The molecule has 0 aromatic carbocycles. The summed E-state index contributed by atoms with van der Waals surface area (Å²) in [6, 6.07) is 1.52. The lowest BCUT2D eigenvalue weighted by atomic mass is 9.92. The van der Waals surface area contributed by atoms with Crippen LogP contribution in [0.25, 0.3) is 11.0 Å². The lowest BCUT2D eigenvalue weighted by Crippen LogP contribution is -2.44. The molecule has 11 nitrogen and oxygen atoms in total. The van der Waals surface area contributed by atoms with E-state index in [9.17, 15) is 22.8 Å². The first kappa shape index (κ1) is 24.7. The minimum absolute atomic E-state index is 0.0721. The Morgan fingerprint density at radius 2 is 1.89 bits per heavy atom. The SMILES string of the molecule is O=C1CN(c2cncc(C(F)(F)F)c2)C(=O)N1[C@H]1CC[C@H](Oc2cnc3[nH]nc(OCCO)c3c2)CC1. The van der Waals surface area contributed by atoms with Crippen LogP contribution in [0.4, 0.5) is 23.7 Å². The van der Waals surface area contributed by atoms with Gasteiger partial charge < -0.3 is 14.6 Å². The van der Waals surface area contributed by atoms with E-state index in [4.69, 9.17) is 14.6 Å². The van der Waals surface area contributed by atoms with Crippen molar-refractivity contribution < 1.29 is 37.3 Å². The molecule has 3 aromatic rings. The lowest BCUT2D eigenvalue weighted by molar-refractivity contribution is -0.137. The molecular formula is C23H23F3N6O5. The van der Waals surface area contributed by atoms with Gasteiger partial charge in [-0.2, -0.15) is 13.2 Å².